The summed E-state index contributed by atoms with van der Waals surface area (Å²) in [5, 5.41) is 8.99. The summed E-state index contributed by atoms with van der Waals surface area (Å²) in [6.45, 7) is 7.51. The van der Waals surface area contributed by atoms with Gasteiger partial charge in [0.25, 0.3) is 0 Å². The first-order valence-corrected chi connectivity index (χ1v) is 14.5. The predicted octanol–water partition coefficient (Wildman–Crippen LogP) is 8.77. The summed E-state index contributed by atoms with van der Waals surface area (Å²) in [5.41, 5.74) is 2.05. The molecule has 0 atom stereocenters. The van der Waals surface area contributed by atoms with Gasteiger partial charge in [-0.25, -0.2) is 9.59 Å². The number of ether oxygens (including phenoxy) is 3. The second-order valence-corrected chi connectivity index (χ2v) is 9.51. The van der Waals surface area contributed by atoms with Crippen LogP contribution in [-0.2, 0) is 6.42 Å². The minimum Gasteiger partial charge on any atom is -0.494 e. The number of aryl methyl sites for hydroxylation is 1. The van der Waals surface area contributed by atoms with Crippen molar-refractivity contribution in [1.29, 1.82) is 0 Å². The number of carbonyl (C=O) groups is 2. The molecule has 0 aliphatic rings. The second-order valence-electron chi connectivity index (χ2n) is 9.51. The number of para-hydroxylation sites is 1. The van der Waals surface area contributed by atoms with E-state index in [0.29, 0.717) is 30.3 Å². The highest BCUT2D eigenvalue weighted by molar-refractivity contribution is 5.91. The smallest absolute Gasteiger partial charge is 0.343 e. The summed E-state index contributed by atoms with van der Waals surface area (Å²) in [5.74, 6) is 0.476. The van der Waals surface area contributed by atoms with E-state index in [0.717, 1.165) is 31.4 Å². The SMILES string of the molecule is CCCCCCCCOc1ccccc1C(=O)O.CCCCc1ccc(C(=O)Oc2ccc(OCC)cc2)cc1. The fraction of sp³-hybridized carbons (Fsp3) is 0.412. The van der Waals surface area contributed by atoms with Crippen LogP contribution in [0.25, 0.3) is 0 Å². The van der Waals surface area contributed by atoms with E-state index in [1.54, 1.807) is 48.5 Å². The van der Waals surface area contributed by atoms with Gasteiger partial charge in [-0.1, -0.05) is 76.6 Å². The number of benzene rings is 3. The van der Waals surface area contributed by atoms with Crippen LogP contribution in [0.4, 0.5) is 0 Å². The van der Waals surface area contributed by atoms with Gasteiger partial charge in [-0.2, -0.15) is 0 Å². The second kappa shape index (κ2) is 19.3. The first-order chi connectivity index (χ1) is 19.5. The molecule has 6 heteroatoms. The van der Waals surface area contributed by atoms with Crippen molar-refractivity contribution in [2.45, 2.75) is 78.6 Å². The quantitative estimate of drug-likeness (QED) is 0.109. The van der Waals surface area contributed by atoms with Crippen molar-refractivity contribution in [2.75, 3.05) is 13.2 Å². The number of hydrogen-bond donors (Lipinski definition) is 1. The Morgan fingerprint density at radius 3 is 1.95 bits per heavy atom. The maximum atomic E-state index is 12.1. The lowest BCUT2D eigenvalue weighted by molar-refractivity contribution is 0.0689. The first kappa shape index (κ1) is 32.4. The lowest BCUT2D eigenvalue weighted by atomic mass is 10.1. The van der Waals surface area contributed by atoms with E-state index in [2.05, 4.69) is 13.8 Å². The van der Waals surface area contributed by atoms with Gasteiger partial charge in [-0.15, -0.1) is 0 Å². The molecular weight excluding hydrogens is 504 g/mol. The van der Waals surface area contributed by atoms with Gasteiger partial charge in [-0.05, 0) is 80.3 Å². The maximum absolute atomic E-state index is 12.1. The number of carboxylic acids is 1. The van der Waals surface area contributed by atoms with E-state index in [9.17, 15) is 9.59 Å². The summed E-state index contributed by atoms with van der Waals surface area (Å²) in [7, 11) is 0. The van der Waals surface area contributed by atoms with Gasteiger partial charge in [-0.3, -0.25) is 0 Å². The molecule has 1 N–H and O–H groups in total. The molecule has 0 heterocycles. The molecule has 0 fully saturated rings. The van der Waals surface area contributed by atoms with Crippen molar-refractivity contribution < 1.29 is 28.9 Å². The van der Waals surface area contributed by atoms with Crippen molar-refractivity contribution in [3.8, 4) is 17.2 Å². The minimum absolute atomic E-state index is 0.239. The van der Waals surface area contributed by atoms with E-state index in [4.69, 9.17) is 19.3 Å². The third-order valence-electron chi connectivity index (χ3n) is 6.23. The lowest BCUT2D eigenvalue weighted by Gasteiger charge is -2.08. The number of hydrogen-bond acceptors (Lipinski definition) is 5. The molecule has 40 heavy (non-hydrogen) atoms. The molecule has 0 bridgehead atoms. The van der Waals surface area contributed by atoms with E-state index >= 15 is 0 Å². The maximum Gasteiger partial charge on any atom is 0.343 e. The highest BCUT2D eigenvalue weighted by Gasteiger charge is 2.10. The Hall–Kier alpha value is -3.80. The van der Waals surface area contributed by atoms with Crippen LogP contribution in [0.3, 0.4) is 0 Å². The molecule has 0 aromatic heterocycles. The molecule has 3 rings (SSSR count). The molecular formula is C34H44O6. The van der Waals surface area contributed by atoms with Gasteiger partial charge in [0.2, 0.25) is 0 Å². The van der Waals surface area contributed by atoms with Crippen LogP contribution in [-0.4, -0.2) is 30.3 Å². The van der Waals surface area contributed by atoms with Crippen LogP contribution in [0.2, 0.25) is 0 Å². The molecule has 0 saturated heterocycles. The Balaban J connectivity index is 0.000000286. The van der Waals surface area contributed by atoms with Crippen molar-refractivity contribution in [2.24, 2.45) is 0 Å². The van der Waals surface area contributed by atoms with Crippen LogP contribution in [0.5, 0.6) is 17.2 Å². The van der Waals surface area contributed by atoms with E-state index < -0.39 is 5.97 Å². The number of aromatic carboxylic acids is 1. The molecule has 0 aliphatic heterocycles. The third-order valence-corrected chi connectivity index (χ3v) is 6.23. The van der Waals surface area contributed by atoms with Crippen molar-refractivity contribution in [3.63, 3.8) is 0 Å². The topological polar surface area (TPSA) is 82.1 Å². The zero-order chi connectivity index (χ0) is 29.0. The van der Waals surface area contributed by atoms with Gasteiger partial charge in [0.15, 0.2) is 0 Å². The van der Waals surface area contributed by atoms with Crippen LogP contribution in [0.15, 0.2) is 72.8 Å². The average Bonchev–Trinajstić information content (AvgIpc) is 2.97. The largest absolute Gasteiger partial charge is 0.494 e. The Bertz CT molecular complexity index is 1120. The van der Waals surface area contributed by atoms with Crippen molar-refractivity contribution in [3.05, 3.63) is 89.5 Å². The molecule has 3 aromatic rings. The molecule has 0 unspecified atom stereocenters. The van der Waals surface area contributed by atoms with Crippen LogP contribution in [0, 0.1) is 0 Å². The Labute approximate surface area is 239 Å². The Kier molecular flexibility index (Phi) is 15.6. The van der Waals surface area contributed by atoms with Crippen molar-refractivity contribution >= 4 is 11.9 Å². The molecule has 216 valence electrons. The Morgan fingerprint density at radius 1 is 0.675 bits per heavy atom. The first-order valence-electron chi connectivity index (χ1n) is 14.5. The number of esters is 1. The fourth-order valence-corrected chi connectivity index (χ4v) is 3.96. The molecule has 0 aliphatic carbocycles. The van der Waals surface area contributed by atoms with Gasteiger partial charge in [0.1, 0.15) is 22.8 Å². The summed E-state index contributed by atoms with van der Waals surface area (Å²) >= 11 is 0. The lowest BCUT2D eigenvalue weighted by Crippen LogP contribution is -2.08. The number of carboxylic acid groups (broad SMARTS) is 1. The molecule has 0 saturated carbocycles. The highest BCUT2D eigenvalue weighted by atomic mass is 16.5. The summed E-state index contributed by atoms with van der Waals surface area (Å²) < 4.78 is 16.2. The zero-order valence-electron chi connectivity index (χ0n) is 24.2. The zero-order valence-corrected chi connectivity index (χ0v) is 24.2. The highest BCUT2D eigenvalue weighted by Crippen LogP contribution is 2.20. The summed E-state index contributed by atoms with van der Waals surface area (Å²) in [4.78, 5) is 23.0. The summed E-state index contributed by atoms with van der Waals surface area (Å²) in [6.07, 6.45) is 10.6. The summed E-state index contributed by atoms with van der Waals surface area (Å²) in [6, 6.07) is 21.5. The van der Waals surface area contributed by atoms with Crippen LogP contribution >= 0.6 is 0 Å². The van der Waals surface area contributed by atoms with Gasteiger partial charge in [0.05, 0.1) is 18.8 Å². The van der Waals surface area contributed by atoms with Gasteiger partial charge >= 0.3 is 11.9 Å². The monoisotopic (exact) mass is 548 g/mol. The van der Waals surface area contributed by atoms with Gasteiger partial charge < -0.3 is 19.3 Å². The van der Waals surface area contributed by atoms with E-state index in [-0.39, 0.29) is 11.5 Å². The molecule has 3 aromatic carbocycles. The number of carbonyl (C=O) groups excluding carboxylic acids is 1. The van der Waals surface area contributed by atoms with Crippen molar-refractivity contribution in [1.82, 2.24) is 0 Å². The molecule has 0 amide bonds. The van der Waals surface area contributed by atoms with E-state index in [1.807, 2.05) is 31.2 Å². The van der Waals surface area contributed by atoms with E-state index in [1.165, 1.54) is 37.7 Å². The minimum atomic E-state index is -0.937. The number of rotatable bonds is 16. The molecule has 0 spiro atoms. The van der Waals surface area contributed by atoms with Crippen LogP contribution < -0.4 is 14.2 Å². The predicted molar refractivity (Wildman–Crippen MR) is 160 cm³/mol. The van der Waals surface area contributed by atoms with Crippen LogP contribution in [0.1, 0.15) is 98.4 Å². The Morgan fingerprint density at radius 2 is 1.30 bits per heavy atom. The average molecular weight is 549 g/mol. The fourth-order valence-electron chi connectivity index (χ4n) is 3.96. The number of unbranched alkanes of at least 4 members (excludes halogenated alkanes) is 6. The molecule has 6 nitrogen and oxygen atoms in total. The normalized spacial score (nSPS) is 10.3. The molecule has 0 radical (unpaired) electrons. The standard InChI is InChI=1S/C19H22O3.C15H22O3/c1-3-5-6-15-7-9-16(10-8-15)19(20)22-18-13-11-17(12-14-18)21-4-2;1-2-3-4-5-6-9-12-18-14-11-8-7-10-13(14)15(16)17/h7-14H,3-6H2,1-2H3;7-8,10-11H,2-6,9,12H2,1H3,(H,16,17). The third kappa shape index (κ3) is 12.4. The van der Waals surface area contributed by atoms with Gasteiger partial charge in [0, 0.05) is 0 Å².